The molecule has 0 heterocycles. The number of methoxy groups -OCH3 is 3. The number of ether oxygens (including phenoxy) is 3. The second-order valence-corrected chi connectivity index (χ2v) is 3.72. The minimum Gasteiger partial charge on any atom is -0.496 e. The van der Waals surface area contributed by atoms with Crippen molar-refractivity contribution in [2.45, 2.75) is 12.5 Å². The smallest absolute Gasteiger partial charge is 0.219 e. The zero-order valence-electron chi connectivity index (χ0n) is 10.7. The molecule has 0 saturated heterocycles. The first-order valence-corrected chi connectivity index (χ1v) is 5.37. The van der Waals surface area contributed by atoms with Crippen LogP contribution in [0.15, 0.2) is 12.1 Å². The van der Waals surface area contributed by atoms with E-state index in [1.807, 2.05) is 0 Å². The highest BCUT2D eigenvalue weighted by atomic mass is 16.5. The lowest BCUT2D eigenvalue weighted by molar-refractivity contribution is -0.118. The average molecular weight is 254 g/mol. The van der Waals surface area contributed by atoms with Gasteiger partial charge in [-0.1, -0.05) is 0 Å². The van der Waals surface area contributed by atoms with E-state index in [4.69, 9.17) is 25.7 Å². The third-order valence-electron chi connectivity index (χ3n) is 2.55. The Bertz CT molecular complexity index is 409. The van der Waals surface area contributed by atoms with Crippen LogP contribution in [0.4, 0.5) is 0 Å². The lowest BCUT2D eigenvalue weighted by Crippen LogP contribution is -2.21. The third kappa shape index (κ3) is 3.04. The van der Waals surface area contributed by atoms with E-state index in [0.29, 0.717) is 22.8 Å². The molecule has 0 aliphatic heterocycles. The number of amides is 1. The number of hydrogen-bond donors (Lipinski definition) is 2. The largest absolute Gasteiger partial charge is 0.496 e. The number of carbonyl (C=O) groups excluding carboxylic acids is 1. The van der Waals surface area contributed by atoms with Crippen LogP contribution < -0.4 is 25.7 Å². The van der Waals surface area contributed by atoms with Crippen molar-refractivity contribution in [2.24, 2.45) is 11.5 Å². The van der Waals surface area contributed by atoms with Crippen molar-refractivity contribution in [1.82, 2.24) is 0 Å². The first-order chi connectivity index (χ1) is 8.53. The molecule has 0 spiro atoms. The molecule has 0 radical (unpaired) electrons. The van der Waals surface area contributed by atoms with Gasteiger partial charge in [0.25, 0.3) is 0 Å². The fourth-order valence-corrected chi connectivity index (χ4v) is 1.72. The zero-order chi connectivity index (χ0) is 13.7. The minimum absolute atomic E-state index is 0.0129. The maximum absolute atomic E-state index is 10.9. The van der Waals surface area contributed by atoms with Gasteiger partial charge in [-0.25, -0.2) is 0 Å². The summed E-state index contributed by atoms with van der Waals surface area (Å²) < 4.78 is 15.6. The summed E-state index contributed by atoms with van der Waals surface area (Å²) in [5.41, 5.74) is 11.7. The van der Waals surface area contributed by atoms with Gasteiger partial charge >= 0.3 is 0 Å². The second kappa shape index (κ2) is 6.11. The van der Waals surface area contributed by atoms with Crippen LogP contribution in [0.2, 0.25) is 0 Å². The highest BCUT2D eigenvalue weighted by Crippen LogP contribution is 2.38. The van der Waals surface area contributed by atoms with Gasteiger partial charge in [0.15, 0.2) is 0 Å². The summed E-state index contributed by atoms with van der Waals surface area (Å²) in [6.45, 7) is 0. The quantitative estimate of drug-likeness (QED) is 0.774. The molecule has 1 atom stereocenters. The van der Waals surface area contributed by atoms with Crippen LogP contribution in [-0.4, -0.2) is 27.2 Å². The molecule has 0 aliphatic carbocycles. The van der Waals surface area contributed by atoms with E-state index in [1.165, 1.54) is 21.3 Å². The molecule has 1 aromatic rings. The van der Waals surface area contributed by atoms with Gasteiger partial charge in [0, 0.05) is 24.6 Å². The topological polar surface area (TPSA) is 96.8 Å². The van der Waals surface area contributed by atoms with Crippen molar-refractivity contribution in [2.75, 3.05) is 21.3 Å². The molecular formula is C12H18N2O4. The van der Waals surface area contributed by atoms with E-state index in [9.17, 15) is 4.79 Å². The standard InChI is InChI=1S/C12H18N2O4/c1-16-7-4-9(17-2)12(10(5-7)18-3)8(13)6-11(14)15/h4-5,8H,6,13H2,1-3H3,(H2,14,15)/t8-/m1/s1. The molecule has 1 amide bonds. The molecule has 0 aliphatic rings. The summed E-state index contributed by atoms with van der Waals surface area (Å²) in [7, 11) is 4.56. The Labute approximate surface area is 106 Å². The molecule has 0 unspecified atom stereocenters. The Morgan fingerprint density at radius 3 is 2.00 bits per heavy atom. The van der Waals surface area contributed by atoms with E-state index in [2.05, 4.69) is 0 Å². The van der Waals surface area contributed by atoms with Crippen LogP contribution in [0.3, 0.4) is 0 Å². The lowest BCUT2D eigenvalue weighted by Gasteiger charge is -2.19. The van der Waals surface area contributed by atoms with Crippen LogP contribution in [-0.2, 0) is 4.79 Å². The molecule has 6 nitrogen and oxygen atoms in total. The van der Waals surface area contributed by atoms with Crippen LogP contribution in [0.5, 0.6) is 17.2 Å². The number of nitrogens with two attached hydrogens (primary N) is 2. The molecule has 0 aromatic heterocycles. The summed E-state index contributed by atoms with van der Waals surface area (Å²) in [6.07, 6.45) is 0.0129. The van der Waals surface area contributed by atoms with Crippen molar-refractivity contribution < 1.29 is 19.0 Å². The van der Waals surface area contributed by atoms with Crippen molar-refractivity contribution in [3.05, 3.63) is 17.7 Å². The van der Waals surface area contributed by atoms with E-state index in [0.717, 1.165) is 0 Å². The number of primary amides is 1. The number of rotatable bonds is 6. The SMILES string of the molecule is COc1cc(OC)c([C@H](N)CC(N)=O)c(OC)c1. The molecule has 18 heavy (non-hydrogen) atoms. The van der Waals surface area contributed by atoms with Gasteiger partial charge in [-0.05, 0) is 0 Å². The third-order valence-corrected chi connectivity index (χ3v) is 2.55. The lowest BCUT2D eigenvalue weighted by atomic mass is 10.0. The van der Waals surface area contributed by atoms with E-state index in [-0.39, 0.29) is 6.42 Å². The molecule has 0 fully saturated rings. The maximum Gasteiger partial charge on any atom is 0.219 e. The molecule has 6 heteroatoms. The van der Waals surface area contributed by atoms with Gasteiger partial charge in [0.1, 0.15) is 17.2 Å². The Hall–Kier alpha value is -1.95. The highest BCUT2D eigenvalue weighted by molar-refractivity contribution is 5.75. The molecule has 0 saturated carbocycles. The van der Waals surface area contributed by atoms with E-state index < -0.39 is 11.9 Å². The first kappa shape index (κ1) is 14.1. The Morgan fingerprint density at radius 1 is 1.17 bits per heavy atom. The minimum atomic E-state index is -0.585. The summed E-state index contributed by atoms with van der Waals surface area (Å²) >= 11 is 0. The molecule has 100 valence electrons. The predicted octanol–water partition coefficient (Wildman–Crippen LogP) is 0.588. The summed E-state index contributed by atoms with van der Waals surface area (Å²) in [4.78, 5) is 10.9. The summed E-state index contributed by atoms with van der Waals surface area (Å²) in [6, 6.07) is 2.77. The van der Waals surface area contributed by atoms with E-state index in [1.54, 1.807) is 12.1 Å². The fraction of sp³-hybridized carbons (Fsp3) is 0.417. The van der Waals surface area contributed by atoms with Crippen molar-refractivity contribution in [3.63, 3.8) is 0 Å². The highest BCUT2D eigenvalue weighted by Gasteiger charge is 2.20. The normalized spacial score (nSPS) is 11.8. The van der Waals surface area contributed by atoms with Gasteiger partial charge in [0.05, 0.1) is 26.9 Å². The zero-order valence-corrected chi connectivity index (χ0v) is 10.7. The molecule has 0 bridgehead atoms. The Balaban J connectivity index is 3.25. The first-order valence-electron chi connectivity index (χ1n) is 5.37. The molecule has 4 N–H and O–H groups in total. The number of carbonyl (C=O) groups is 1. The van der Waals surface area contributed by atoms with E-state index >= 15 is 0 Å². The maximum atomic E-state index is 10.9. The van der Waals surface area contributed by atoms with Crippen LogP contribution >= 0.6 is 0 Å². The monoisotopic (exact) mass is 254 g/mol. The molecule has 1 rings (SSSR count). The Kier molecular flexibility index (Phi) is 4.79. The second-order valence-electron chi connectivity index (χ2n) is 3.72. The fourth-order valence-electron chi connectivity index (χ4n) is 1.72. The van der Waals surface area contributed by atoms with Gasteiger partial charge in [-0.3, -0.25) is 4.79 Å². The van der Waals surface area contributed by atoms with Crippen LogP contribution in [0, 0.1) is 0 Å². The molecule has 1 aromatic carbocycles. The average Bonchev–Trinajstić information content (AvgIpc) is 2.35. The summed E-state index contributed by atoms with van der Waals surface area (Å²) in [5.74, 6) is 1.10. The summed E-state index contributed by atoms with van der Waals surface area (Å²) in [5, 5.41) is 0. The van der Waals surface area contributed by atoms with Gasteiger partial charge in [-0.2, -0.15) is 0 Å². The predicted molar refractivity (Wildman–Crippen MR) is 66.8 cm³/mol. The Morgan fingerprint density at radius 2 is 1.67 bits per heavy atom. The molecular weight excluding hydrogens is 236 g/mol. The van der Waals surface area contributed by atoms with Gasteiger partial charge in [0.2, 0.25) is 5.91 Å². The van der Waals surface area contributed by atoms with Crippen LogP contribution in [0.25, 0.3) is 0 Å². The number of benzene rings is 1. The van der Waals surface area contributed by atoms with Gasteiger partial charge in [-0.15, -0.1) is 0 Å². The van der Waals surface area contributed by atoms with Crippen molar-refractivity contribution in [1.29, 1.82) is 0 Å². The van der Waals surface area contributed by atoms with Crippen molar-refractivity contribution in [3.8, 4) is 17.2 Å². The van der Waals surface area contributed by atoms with Crippen molar-refractivity contribution >= 4 is 5.91 Å². The van der Waals surface area contributed by atoms with Gasteiger partial charge < -0.3 is 25.7 Å². The van der Waals surface area contributed by atoms with Crippen LogP contribution in [0.1, 0.15) is 18.0 Å². The number of hydrogen-bond acceptors (Lipinski definition) is 5.